The summed E-state index contributed by atoms with van der Waals surface area (Å²) < 4.78 is 0. The van der Waals surface area contributed by atoms with E-state index >= 15 is 0 Å². The lowest BCUT2D eigenvalue weighted by molar-refractivity contribution is 0.662. The average molecular weight is 291 g/mol. The number of benzene rings is 1. The first-order valence-corrected chi connectivity index (χ1v) is 6.67. The number of hydrogen-bond acceptors (Lipinski definition) is 1. The molecule has 84 valence electrons. The van der Waals surface area contributed by atoms with Gasteiger partial charge < -0.3 is 4.90 Å². The highest BCUT2D eigenvalue weighted by atomic mass is 79.9. The predicted octanol–water partition coefficient (Wildman–Crippen LogP) is 4.47. The van der Waals surface area contributed by atoms with Crippen molar-refractivity contribution in [2.24, 2.45) is 0 Å². The summed E-state index contributed by atoms with van der Waals surface area (Å²) in [5.74, 6) is 0. The van der Waals surface area contributed by atoms with Crippen LogP contribution >= 0.6 is 27.5 Å². The van der Waals surface area contributed by atoms with E-state index in [1.807, 2.05) is 12.1 Å². The fourth-order valence-corrected chi connectivity index (χ4v) is 2.34. The fraction of sp³-hybridized carbons (Fsp3) is 0.500. The van der Waals surface area contributed by atoms with E-state index in [-0.39, 0.29) is 0 Å². The molecule has 0 N–H and O–H groups in total. The van der Waals surface area contributed by atoms with Gasteiger partial charge >= 0.3 is 0 Å². The standard InChI is InChI=1S/C12H17BrClN/c1-4-9(2)15(3)12-10(8-13)6-5-7-11(12)14/h5-7,9H,4,8H2,1-3H3. The topological polar surface area (TPSA) is 3.24 Å². The second-order valence-corrected chi connectivity index (χ2v) is 4.72. The minimum Gasteiger partial charge on any atom is -0.370 e. The van der Waals surface area contributed by atoms with Crippen LogP contribution < -0.4 is 4.90 Å². The smallest absolute Gasteiger partial charge is 0.0642 e. The fourth-order valence-electron chi connectivity index (χ4n) is 1.56. The van der Waals surface area contributed by atoms with Crippen LogP contribution in [0.15, 0.2) is 18.2 Å². The lowest BCUT2D eigenvalue weighted by atomic mass is 10.1. The maximum Gasteiger partial charge on any atom is 0.0642 e. The van der Waals surface area contributed by atoms with Crippen molar-refractivity contribution in [3.05, 3.63) is 28.8 Å². The van der Waals surface area contributed by atoms with Gasteiger partial charge in [0.05, 0.1) is 10.7 Å². The maximum absolute atomic E-state index is 6.24. The molecule has 0 aliphatic carbocycles. The second-order valence-electron chi connectivity index (χ2n) is 3.75. The summed E-state index contributed by atoms with van der Waals surface area (Å²) in [6, 6.07) is 6.55. The summed E-state index contributed by atoms with van der Waals surface area (Å²) in [4.78, 5) is 2.25. The molecule has 15 heavy (non-hydrogen) atoms. The molecule has 1 aromatic rings. The number of anilines is 1. The Kier molecular flexibility index (Phi) is 4.94. The molecule has 0 aromatic heterocycles. The van der Waals surface area contributed by atoms with Crippen molar-refractivity contribution < 1.29 is 0 Å². The van der Waals surface area contributed by atoms with Crippen LogP contribution in [0.5, 0.6) is 0 Å². The third-order valence-electron chi connectivity index (χ3n) is 2.82. The van der Waals surface area contributed by atoms with Gasteiger partial charge in [-0.15, -0.1) is 0 Å². The molecule has 0 spiro atoms. The average Bonchev–Trinajstić information content (AvgIpc) is 2.26. The van der Waals surface area contributed by atoms with E-state index in [0.29, 0.717) is 6.04 Å². The van der Waals surface area contributed by atoms with Crippen molar-refractivity contribution >= 4 is 33.2 Å². The van der Waals surface area contributed by atoms with Crippen LogP contribution in [0.3, 0.4) is 0 Å². The highest BCUT2D eigenvalue weighted by Crippen LogP contribution is 2.32. The van der Waals surface area contributed by atoms with Crippen molar-refractivity contribution in [2.45, 2.75) is 31.6 Å². The number of para-hydroxylation sites is 1. The van der Waals surface area contributed by atoms with Crippen molar-refractivity contribution in [1.29, 1.82) is 0 Å². The Morgan fingerprint density at radius 2 is 2.13 bits per heavy atom. The number of halogens is 2. The molecule has 1 rings (SSSR count). The lowest BCUT2D eigenvalue weighted by Gasteiger charge is -2.28. The molecule has 1 aromatic carbocycles. The molecular formula is C12H17BrClN. The molecule has 0 heterocycles. The van der Waals surface area contributed by atoms with Crippen LogP contribution in [-0.2, 0) is 5.33 Å². The third-order valence-corrected chi connectivity index (χ3v) is 3.73. The number of alkyl halides is 1. The first-order valence-electron chi connectivity index (χ1n) is 5.18. The molecule has 0 amide bonds. The zero-order valence-corrected chi connectivity index (χ0v) is 11.8. The first kappa shape index (κ1) is 12.9. The summed E-state index contributed by atoms with van der Waals surface area (Å²) in [5, 5.41) is 1.67. The Morgan fingerprint density at radius 1 is 1.47 bits per heavy atom. The quantitative estimate of drug-likeness (QED) is 0.740. The summed E-state index contributed by atoms with van der Waals surface area (Å²) in [6.45, 7) is 4.40. The Labute approximate surface area is 106 Å². The highest BCUT2D eigenvalue weighted by molar-refractivity contribution is 9.08. The van der Waals surface area contributed by atoms with E-state index < -0.39 is 0 Å². The zero-order valence-electron chi connectivity index (χ0n) is 9.43. The predicted molar refractivity (Wildman–Crippen MR) is 72.2 cm³/mol. The molecule has 3 heteroatoms. The van der Waals surface area contributed by atoms with Crippen molar-refractivity contribution in [1.82, 2.24) is 0 Å². The number of hydrogen-bond donors (Lipinski definition) is 0. The van der Waals surface area contributed by atoms with Gasteiger partial charge in [-0.1, -0.05) is 46.6 Å². The Hall–Kier alpha value is -0.210. The Balaban J connectivity index is 3.10. The van der Waals surface area contributed by atoms with Crippen LogP contribution in [0.25, 0.3) is 0 Å². The van der Waals surface area contributed by atoms with Gasteiger partial charge in [0.25, 0.3) is 0 Å². The molecule has 1 nitrogen and oxygen atoms in total. The summed E-state index contributed by atoms with van der Waals surface area (Å²) in [6.07, 6.45) is 1.11. The molecular weight excluding hydrogens is 273 g/mol. The van der Waals surface area contributed by atoms with Crippen LogP contribution in [0.4, 0.5) is 5.69 Å². The van der Waals surface area contributed by atoms with E-state index in [1.54, 1.807) is 0 Å². The lowest BCUT2D eigenvalue weighted by Crippen LogP contribution is -2.29. The summed E-state index contributed by atoms with van der Waals surface area (Å²) in [7, 11) is 2.10. The zero-order chi connectivity index (χ0) is 11.4. The van der Waals surface area contributed by atoms with Crippen molar-refractivity contribution in [2.75, 3.05) is 11.9 Å². The summed E-state index contributed by atoms with van der Waals surface area (Å²) in [5.41, 5.74) is 2.38. The highest BCUT2D eigenvalue weighted by Gasteiger charge is 2.14. The third kappa shape index (κ3) is 2.88. The Morgan fingerprint density at radius 3 is 2.67 bits per heavy atom. The molecule has 0 bridgehead atoms. The van der Waals surface area contributed by atoms with E-state index in [9.17, 15) is 0 Å². The van der Waals surface area contributed by atoms with Gasteiger partial charge in [-0.3, -0.25) is 0 Å². The van der Waals surface area contributed by atoms with Gasteiger partial charge in [-0.2, -0.15) is 0 Å². The van der Waals surface area contributed by atoms with Gasteiger partial charge in [0.1, 0.15) is 0 Å². The van der Waals surface area contributed by atoms with E-state index in [2.05, 4.69) is 47.8 Å². The van der Waals surface area contributed by atoms with Gasteiger partial charge in [-0.05, 0) is 25.0 Å². The van der Waals surface area contributed by atoms with Crippen LogP contribution in [0.2, 0.25) is 5.02 Å². The van der Waals surface area contributed by atoms with E-state index in [4.69, 9.17) is 11.6 Å². The maximum atomic E-state index is 6.24. The van der Waals surface area contributed by atoms with Gasteiger partial charge in [0.2, 0.25) is 0 Å². The molecule has 0 fully saturated rings. The monoisotopic (exact) mass is 289 g/mol. The van der Waals surface area contributed by atoms with Gasteiger partial charge in [-0.25, -0.2) is 0 Å². The summed E-state index contributed by atoms with van der Waals surface area (Å²) >= 11 is 9.74. The van der Waals surface area contributed by atoms with Gasteiger partial charge in [0, 0.05) is 18.4 Å². The number of rotatable bonds is 4. The normalized spacial score (nSPS) is 12.6. The minimum atomic E-state index is 0.502. The van der Waals surface area contributed by atoms with Crippen LogP contribution in [0, 0.1) is 0 Å². The van der Waals surface area contributed by atoms with Crippen molar-refractivity contribution in [3.63, 3.8) is 0 Å². The second kappa shape index (κ2) is 5.76. The molecule has 0 aliphatic heterocycles. The van der Waals surface area contributed by atoms with E-state index in [0.717, 1.165) is 22.5 Å². The molecule has 0 saturated heterocycles. The molecule has 0 radical (unpaired) electrons. The van der Waals surface area contributed by atoms with Crippen LogP contribution in [-0.4, -0.2) is 13.1 Å². The van der Waals surface area contributed by atoms with Crippen LogP contribution in [0.1, 0.15) is 25.8 Å². The molecule has 0 saturated carbocycles. The van der Waals surface area contributed by atoms with E-state index in [1.165, 1.54) is 5.56 Å². The largest absolute Gasteiger partial charge is 0.370 e. The first-order chi connectivity index (χ1) is 7.11. The molecule has 1 unspecified atom stereocenters. The van der Waals surface area contributed by atoms with Crippen molar-refractivity contribution in [3.8, 4) is 0 Å². The SMILES string of the molecule is CCC(C)N(C)c1c(Cl)cccc1CBr. The van der Waals surface area contributed by atoms with Gasteiger partial charge in [0.15, 0.2) is 0 Å². The minimum absolute atomic E-state index is 0.502. The molecule has 1 atom stereocenters. The number of nitrogens with zero attached hydrogens (tertiary/aromatic N) is 1. The molecule has 0 aliphatic rings. The Bertz CT molecular complexity index is 327.